The normalized spacial score (nSPS) is 12.6. The van der Waals surface area contributed by atoms with Crippen LogP contribution in [0, 0.1) is 0 Å². The summed E-state index contributed by atoms with van der Waals surface area (Å²) in [5.74, 6) is 1.09. The molecule has 110 valence electrons. The second-order valence-corrected chi connectivity index (χ2v) is 4.96. The lowest BCUT2D eigenvalue weighted by Crippen LogP contribution is -1.99. The molecule has 3 aromatic rings. The molecule has 4 rings (SSSR count). The van der Waals surface area contributed by atoms with E-state index >= 15 is 0 Å². The minimum Gasteiger partial charge on any atom is -0.465 e. The number of fused-ring (bicyclic) bond motifs is 2. The summed E-state index contributed by atoms with van der Waals surface area (Å²) in [6.07, 6.45) is 1.92. The molecule has 0 atom stereocenters. The average molecular weight is 295 g/mol. The molecule has 5 nitrogen and oxygen atoms in total. The highest BCUT2D eigenvalue weighted by atomic mass is 16.7. The third-order valence-corrected chi connectivity index (χ3v) is 3.75. The molecule has 0 saturated carbocycles. The molecule has 0 aliphatic carbocycles. The number of hydrogen-bond donors (Lipinski definition) is 0. The van der Waals surface area contributed by atoms with Gasteiger partial charge >= 0.3 is 5.97 Å². The van der Waals surface area contributed by atoms with Crippen molar-refractivity contribution in [1.29, 1.82) is 0 Å². The molecule has 22 heavy (non-hydrogen) atoms. The molecular formula is C17H13NO4. The van der Waals surface area contributed by atoms with Crippen molar-refractivity contribution in [3.63, 3.8) is 0 Å². The number of pyridine rings is 1. The highest BCUT2D eigenvalue weighted by Crippen LogP contribution is 2.37. The smallest absolute Gasteiger partial charge is 0.340 e. The summed E-state index contributed by atoms with van der Waals surface area (Å²) >= 11 is 0. The maximum absolute atomic E-state index is 12.0. The molecule has 0 spiro atoms. The van der Waals surface area contributed by atoms with Gasteiger partial charge in [-0.15, -0.1) is 0 Å². The maximum atomic E-state index is 12.0. The molecule has 1 aromatic carbocycles. The van der Waals surface area contributed by atoms with Crippen LogP contribution < -0.4 is 9.47 Å². The van der Waals surface area contributed by atoms with Crippen LogP contribution in [-0.4, -0.2) is 24.3 Å². The molecule has 1 aliphatic rings. The maximum Gasteiger partial charge on any atom is 0.340 e. The Kier molecular flexibility index (Phi) is 2.79. The summed E-state index contributed by atoms with van der Waals surface area (Å²) in [5, 5.41) is 0. The van der Waals surface area contributed by atoms with Crippen LogP contribution in [0.15, 0.2) is 48.7 Å². The molecule has 0 radical (unpaired) electrons. The van der Waals surface area contributed by atoms with E-state index in [0.717, 1.165) is 22.5 Å². The van der Waals surface area contributed by atoms with Crippen molar-refractivity contribution >= 4 is 11.5 Å². The van der Waals surface area contributed by atoms with E-state index in [1.54, 1.807) is 0 Å². The monoisotopic (exact) mass is 295 g/mol. The van der Waals surface area contributed by atoms with Crippen molar-refractivity contribution in [3.8, 4) is 22.8 Å². The zero-order chi connectivity index (χ0) is 15.1. The van der Waals surface area contributed by atoms with Gasteiger partial charge in [-0.1, -0.05) is 6.07 Å². The lowest BCUT2D eigenvalue weighted by Gasteiger charge is -2.04. The minimum atomic E-state index is -0.351. The SMILES string of the molecule is COC(=O)c1cc(-c2ccc3c(c2)OCO3)n2ccccc12. The molecule has 0 N–H and O–H groups in total. The van der Waals surface area contributed by atoms with E-state index in [-0.39, 0.29) is 12.8 Å². The van der Waals surface area contributed by atoms with E-state index in [9.17, 15) is 4.79 Å². The molecule has 3 heterocycles. The Labute approximate surface area is 126 Å². The second-order valence-electron chi connectivity index (χ2n) is 4.96. The Bertz CT molecular complexity index is 881. The Balaban J connectivity index is 1.93. The van der Waals surface area contributed by atoms with E-state index in [4.69, 9.17) is 14.2 Å². The molecule has 0 fully saturated rings. The lowest BCUT2D eigenvalue weighted by atomic mass is 10.1. The van der Waals surface area contributed by atoms with Crippen LogP contribution in [0.25, 0.3) is 16.8 Å². The summed E-state index contributed by atoms with van der Waals surface area (Å²) < 4.78 is 17.6. The van der Waals surface area contributed by atoms with Crippen molar-refractivity contribution in [1.82, 2.24) is 4.40 Å². The fraction of sp³-hybridized carbons (Fsp3) is 0.118. The van der Waals surface area contributed by atoms with Crippen molar-refractivity contribution in [2.24, 2.45) is 0 Å². The van der Waals surface area contributed by atoms with E-state index in [1.807, 2.05) is 53.1 Å². The number of carbonyl (C=O) groups excluding carboxylic acids is 1. The van der Waals surface area contributed by atoms with Crippen molar-refractivity contribution < 1.29 is 19.0 Å². The second kappa shape index (κ2) is 4.80. The first-order chi connectivity index (χ1) is 10.8. The van der Waals surface area contributed by atoms with Crippen LogP contribution in [-0.2, 0) is 4.74 Å². The molecule has 0 bridgehead atoms. The quantitative estimate of drug-likeness (QED) is 0.682. The third kappa shape index (κ3) is 1.83. The number of nitrogens with zero attached hydrogens (tertiary/aromatic N) is 1. The largest absolute Gasteiger partial charge is 0.465 e. The van der Waals surface area contributed by atoms with Gasteiger partial charge in [-0.25, -0.2) is 4.79 Å². The molecule has 0 unspecified atom stereocenters. The van der Waals surface area contributed by atoms with Gasteiger partial charge in [-0.3, -0.25) is 0 Å². The van der Waals surface area contributed by atoms with Gasteiger partial charge in [0.05, 0.1) is 23.9 Å². The highest BCUT2D eigenvalue weighted by molar-refractivity contribution is 5.99. The molecule has 5 heteroatoms. The van der Waals surface area contributed by atoms with Gasteiger partial charge in [-0.05, 0) is 36.4 Å². The number of ether oxygens (including phenoxy) is 3. The standard InChI is InChI=1S/C17H13NO4/c1-20-17(19)12-9-14(18-7-3-2-4-13(12)18)11-5-6-15-16(8-11)22-10-21-15/h2-9H,10H2,1H3. The van der Waals surface area contributed by atoms with E-state index in [0.29, 0.717) is 11.3 Å². The van der Waals surface area contributed by atoms with Gasteiger partial charge in [0.1, 0.15) is 0 Å². The number of aromatic nitrogens is 1. The Hall–Kier alpha value is -2.95. The molecule has 0 amide bonds. The molecular weight excluding hydrogens is 282 g/mol. The summed E-state index contributed by atoms with van der Waals surface area (Å²) in [6, 6.07) is 13.3. The van der Waals surface area contributed by atoms with E-state index in [1.165, 1.54) is 7.11 Å². The summed E-state index contributed by atoms with van der Waals surface area (Å²) in [7, 11) is 1.38. The first-order valence-corrected chi connectivity index (χ1v) is 6.86. The fourth-order valence-corrected chi connectivity index (χ4v) is 2.70. The van der Waals surface area contributed by atoms with Crippen molar-refractivity contribution in [2.75, 3.05) is 13.9 Å². The van der Waals surface area contributed by atoms with Crippen molar-refractivity contribution in [3.05, 3.63) is 54.2 Å². The van der Waals surface area contributed by atoms with Gasteiger partial charge in [0.25, 0.3) is 0 Å². The molecule has 2 aromatic heterocycles. The van der Waals surface area contributed by atoms with Gasteiger partial charge in [0, 0.05) is 11.8 Å². The number of benzene rings is 1. The Morgan fingerprint density at radius 2 is 2.00 bits per heavy atom. The lowest BCUT2D eigenvalue weighted by molar-refractivity contribution is 0.0603. The Morgan fingerprint density at radius 1 is 1.14 bits per heavy atom. The van der Waals surface area contributed by atoms with E-state index < -0.39 is 0 Å². The van der Waals surface area contributed by atoms with Gasteiger partial charge in [-0.2, -0.15) is 0 Å². The van der Waals surface area contributed by atoms with Crippen LogP contribution in [0.2, 0.25) is 0 Å². The van der Waals surface area contributed by atoms with Crippen LogP contribution in [0.3, 0.4) is 0 Å². The highest BCUT2D eigenvalue weighted by Gasteiger charge is 2.19. The predicted octanol–water partition coefficient (Wildman–Crippen LogP) is 3.12. The van der Waals surface area contributed by atoms with Crippen LogP contribution in [0.5, 0.6) is 11.5 Å². The predicted molar refractivity (Wildman–Crippen MR) is 80.3 cm³/mol. The van der Waals surface area contributed by atoms with Crippen molar-refractivity contribution in [2.45, 2.75) is 0 Å². The molecule has 0 saturated heterocycles. The van der Waals surface area contributed by atoms with E-state index in [2.05, 4.69) is 0 Å². The zero-order valence-electron chi connectivity index (χ0n) is 11.9. The third-order valence-electron chi connectivity index (χ3n) is 3.75. The van der Waals surface area contributed by atoms with Crippen LogP contribution in [0.4, 0.5) is 0 Å². The summed E-state index contributed by atoms with van der Waals surface area (Å²) in [4.78, 5) is 12.0. The Morgan fingerprint density at radius 3 is 2.86 bits per heavy atom. The fourth-order valence-electron chi connectivity index (χ4n) is 2.70. The summed E-state index contributed by atoms with van der Waals surface area (Å²) in [6.45, 7) is 0.237. The minimum absolute atomic E-state index is 0.237. The number of hydrogen-bond acceptors (Lipinski definition) is 4. The summed E-state index contributed by atoms with van der Waals surface area (Å²) in [5.41, 5.74) is 3.19. The first kappa shape index (κ1) is 12.8. The van der Waals surface area contributed by atoms with Crippen LogP contribution >= 0.6 is 0 Å². The number of rotatable bonds is 2. The van der Waals surface area contributed by atoms with Crippen LogP contribution in [0.1, 0.15) is 10.4 Å². The van der Waals surface area contributed by atoms with Gasteiger partial charge in [0.15, 0.2) is 11.5 Å². The first-order valence-electron chi connectivity index (χ1n) is 6.86. The number of esters is 1. The average Bonchev–Trinajstić information content (AvgIpc) is 3.17. The number of methoxy groups -OCH3 is 1. The number of carbonyl (C=O) groups is 1. The topological polar surface area (TPSA) is 49.2 Å². The van der Waals surface area contributed by atoms with Gasteiger partial charge < -0.3 is 18.6 Å². The molecule has 1 aliphatic heterocycles. The zero-order valence-corrected chi connectivity index (χ0v) is 11.9. The van der Waals surface area contributed by atoms with Gasteiger partial charge in [0.2, 0.25) is 6.79 Å².